The van der Waals surface area contributed by atoms with Crippen molar-refractivity contribution < 1.29 is 25.9 Å². The van der Waals surface area contributed by atoms with Crippen molar-refractivity contribution >= 4 is 34.7 Å². The third-order valence-electron chi connectivity index (χ3n) is 1.64. The molecule has 0 aliphatic heterocycles. The molecule has 15 heavy (non-hydrogen) atoms. The zero-order valence-corrected chi connectivity index (χ0v) is 11.9. The minimum Gasteiger partial charge on any atom is -0.562 e. The fourth-order valence-corrected chi connectivity index (χ4v) is 1.20. The average molecular weight is 393 g/mol. The van der Waals surface area contributed by atoms with Crippen LogP contribution in [0.3, 0.4) is 0 Å². The third kappa shape index (κ3) is 3.78. The molecule has 1 aromatic carbocycles. The van der Waals surface area contributed by atoms with Crippen molar-refractivity contribution in [1.82, 2.24) is 0 Å². The molecule has 0 unspecified atom stereocenters. The molecular formula is C10H10ClN2OW-. The fraction of sp³-hybridized carbons (Fsp3) is 0.100. The Morgan fingerprint density at radius 2 is 2.20 bits per heavy atom. The Kier molecular flexibility index (Phi) is 6.49. The van der Waals surface area contributed by atoms with E-state index in [1.807, 2.05) is 0 Å². The van der Waals surface area contributed by atoms with Crippen molar-refractivity contribution in [3.05, 3.63) is 35.8 Å². The van der Waals surface area contributed by atoms with Gasteiger partial charge >= 0.3 is 0 Å². The fourth-order valence-electron chi connectivity index (χ4n) is 1.04. The molecule has 0 amide bonds. The van der Waals surface area contributed by atoms with Crippen LogP contribution in [0.25, 0.3) is 10.5 Å². The van der Waals surface area contributed by atoms with E-state index in [0.717, 1.165) is 5.56 Å². The Balaban J connectivity index is 0.00000196. The molecule has 1 aromatic rings. The number of aliphatic imine (C=N–C) groups is 1. The molecule has 3 nitrogen and oxygen atoms in total. The molecule has 1 rings (SSSR count). The molecule has 0 saturated heterocycles. The first kappa shape index (κ1) is 14.4. The van der Waals surface area contributed by atoms with E-state index in [1.165, 1.54) is 7.11 Å². The number of nitrogens with zero attached hydrogens (tertiary/aromatic N) is 2. The summed E-state index contributed by atoms with van der Waals surface area (Å²) in [6.07, 6.45) is 0. The van der Waals surface area contributed by atoms with Gasteiger partial charge in [-0.15, -0.1) is 5.69 Å². The van der Waals surface area contributed by atoms with Crippen molar-refractivity contribution in [2.24, 2.45) is 4.99 Å². The van der Waals surface area contributed by atoms with Gasteiger partial charge in [0.25, 0.3) is 0 Å². The summed E-state index contributed by atoms with van der Waals surface area (Å²) in [6, 6.07) is 5.26. The second-order valence-electron chi connectivity index (χ2n) is 2.54. The predicted octanol–water partition coefficient (Wildman–Crippen LogP) is 3.79. The molecule has 0 heterocycles. The Labute approximate surface area is 108 Å². The van der Waals surface area contributed by atoms with Gasteiger partial charge in [0.15, 0.2) is 0 Å². The number of rotatable bonds is 4. The molecule has 0 saturated carbocycles. The van der Waals surface area contributed by atoms with Gasteiger partial charge in [0.2, 0.25) is 0 Å². The van der Waals surface area contributed by atoms with E-state index >= 15 is 0 Å². The van der Waals surface area contributed by atoms with E-state index in [9.17, 15) is 0 Å². The summed E-state index contributed by atoms with van der Waals surface area (Å²) in [5.41, 5.74) is 5.81. The zero-order chi connectivity index (χ0) is 10.6. The SMILES string of the molecule is C=Nc1cc([N-]OC)ccc1C(=C)Cl.[W]. The minimum absolute atomic E-state index is 0. The quantitative estimate of drug-likeness (QED) is 0.566. The number of halogens is 1. The summed E-state index contributed by atoms with van der Waals surface area (Å²) in [6.45, 7) is 7.07. The van der Waals surface area contributed by atoms with Gasteiger partial charge in [0.1, 0.15) is 0 Å². The van der Waals surface area contributed by atoms with Crippen molar-refractivity contribution in [3.63, 3.8) is 0 Å². The molecule has 0 radical (unpaired) electrons. The van der Waals surface area contributed by atoms with Crippen LogP contribution in [0.4, 0.5) is 11.4 Å². The predicted molar refractivity (Wildman–Crippen MR) is 60.6 cm³/mol. The first-order valence-corrected chi connectivity index (χ1v) is 4.26. The Bertz CT molecular complexity index is 368. The second-order valence-corrected chi connectivity index (χ2v) is 2.99. The molecule has 0 aromatic heterocycles. The van der Waals surface area contributed by atoms with Crippen LogP contribution in [-0.4, -0.2) is 13.8 Å². The molecule has 0 spiro atoms. The number of hydrogen-bond acceptors (Lipinski definition) is 2. The summed E-state index contributed by atoms with van der Waals surface area (Å²) in [4.78, 5) is 8.46. The van der Waals surface area contributed by atoms with Gasteiger partial charge in [-0.05, 0) is 12.8 Å². The van der Waals surface area contributed by atoms with Gasteiger partial charge in [0, 0.05) is 38.8 Å². The van der Waals surface area contributed by atoms with Crippen LogP contribution in [-0.2, 0) is 25.9 Å². The molecule has 0 bridgehead atoms. The first-order chi connectivity index (χ1) is 6.69. The molecule has 0 aliphatic carbocycles. The van der Waals surface area contributed by atoms with Crippen molar-refractivity contribution in [2.75, 3.05) is 7.11 Å². The number of hydrogen-bond donors (Lipinski definition) is 0. The van der Waals surface area contributed by atoms with Gasteiger partial charge in [-0.2, -0.15) is 0 Å². The van der Waals surface area contributed by atoms with E-state index in [2.05, 4.69) is 28.6 Å². The molecule has 5 heteroatoms. The molecule has 0 aliphatic rings. The smallest absolute Gasteiger partial charge is 0.0697 e. The van der Waals surface area contributed by atoms with Crippen LogP contribution in [0.2, 0.25) is 0 Å². The maximum absolute atomic E-state index is 5.77. The van der Waals surface area contributed by atoms with Crippen LogP contribution in [0, 0.1) is 0 Å². The zero-order valence-electron chi connectivity index (χ0n) is 8.24. The summed E-state index contributed by atoms with van der Waals surface area (Å²) in [5.74, 6) is 0. The van der Waals surface area contributed by atoms with E-state index in [0.29, 0.717) is 16.4 Å². The van der Waals surface area contributed by atoms with Gasteiger partial charge in [-0.3, -0.25) is 4.99 Å². The largest absolute Gasteiger partial charge is 0.562 e. The average Bonchev–Trinajstić information content (AvgIpc) is 2.17. The van der Waals surface area contributed by atoms with Crippen LogP contribution in [0.5, 0.6) is 0 Å². The first-order valence-electron chi connectivity index (χ1n) is 3.88. The molecule has 80 valence electrons. The van der Waals surface area contributed by atoms with Gasteiger partial charge in [-0.1, -0.05) is 30.3 Å². The van der Waals surface area contributed by atoms with Crippen LogP contribution in [0.1, 0.15) is 5.56 Å². The molecular weight excluding hydrogens is 383 g/mol. The maximum Gasteiger partial charge on any atom is 0.0697 e. The second kappa shape index (κ2) is 6.78. The van der Waals surface area contributed by atoms with E-state index in [4.69, 9.17) is 11.6 Å². The van der Waals surface area contributed by atoms with Crippen LogP contribution >= 0.6 is 11.6 Å². The minimum atomic E-state index is 0. The monoisotopic (exact) mass is 393 g/mol. The summed E-state index contributed by atoms with van der Waals surface area (Å²) < 4.78 is 0. The summed E-state index contributed by atoms with van der Waals surface area (Å²) in [5, 5.41) is 0.427. The van der Waals surface area contributed by atoms with Gasteiger partial charge < -0.3 is 10.3 Å². The summed E-state index contributed by atoms with van der Waals surface area (Å²) >= 11 is 5.77. The Morgan fingerprint density at radius 3 is 2.67 bits per heavy atom. The van der Waals surface area contributed by atoms with Gasteiger partial charge in [-0.25, -0.2) is 0 Å². The van der Waals surface area contributed by atoms with E-state index in [1.54, 1.807) is 18.2 Å². The topological polar surface area (TPSA) is 35.7 Å². The Hall–Kier alpha value is -0.632. The maximum atomic E-state index is 5.77. The molecule has 0 N–H and O–H groups in total. The molecule has 0 atom stereocenters. The number of benzene rings is 1. The standard InChI is InChI=1S/C10H10ClN2O.W/c1-7(11)9-5-4-8(13-14-3)6-10(9)12-2;/h4-6H,1-2H2,3H3;/q-1;. The summed E-state index contributed by atoms with van der Waals surface area (Å²) in [7, 11) is 1.48. The van der Waals surface area contributed by atoms with Gasteiger partial charge in [0.05, 0.1) is 5.69 Å². The van der Waals surface area contributed by atoms with Crippen molar-refractivity contribution in [2.45, 2.75) is 0 Å². The van der Waals surface area contributed by atoms with Crippen LogP contribution in [0.15, 0.2) is 29.8 Å². The van der Waals surface area contributed by atoms with Crippen molar-refractivity contribution in [3.8, 4) is 0 Å². The van der Waals surface area contributed by atoms with E-state index < -0.39 is 0 Å². The third-order valence-corrected chi connectivity index (χ3v) is 1.84. The van der Waals surface area contributed by atoms with Crippen LogP contribution < -0.4 is 0 Å². The molecule has 0 fully saturated rings. The Morgan fingerprint density at radius 1 is 1.53 bits per heavy atom. The van der Waals surface area contributed by atoms with Crippen molar-refractivity contribution in [1.29, 1.82) is 0 Å². The van der Waals surface area contributed by atoms with E-state index in [-0.39, 0.29) is 21.1 Å². The normalized spacial score (nSPS) is 8.93.